The fourth-order valence-electron chi connectivity index (χ4n) is 3.94. The van der Waals surface area contributed by atoms with Crippen LogP contribution in [0.2, 0.25) is 5.02 Å². The number of benzene rings is 4. The number of nitrogens with one attached hydrogen (secondary N) is 2. The molecular weight excluding hydrogens is 602 g/mol. The zero-order valence-corrected chi connectivity index (χ0v) is 25.7. The number of amides is 1. The van der Waals surface area contributed by atoms with E-state index in [0.29, 0.717) is 27.6 Å². The molecule has 0 spiro atoms. The van der Waals surface area contributed by atoms with E-state index in [1.807, 2.05) is 13.2 Å². The number of thioether (sulfide) groups is 1. The van der Waals surface area contributed by atoms with Crippen LogP contribution in [0.5, 0.6) is 0 Å². The third kappa shape index (κ3) is 7.05. The number of hydrogen-bond acceptors (Lipinski definition) is 6. The second-order valence-electron chi connectivity index (χ2n) is 8.94. The Balaban J connectivity index is 1.44. The number of sulfonamides is 2. The average Bonchev–Trinajstić information content (AvgIpc) is 2.96. The molecule has 41 heavy (non-hydrogen) atoms. The Kier molecular flexibility index (Phi) is 9.33. The number of aryl methyl sites for hydroxylation is 1. The molecule has 12 heteroatoms. The number of carbonyl (C=O) groups excluding carboxylic acids is 1. The summed E-state index contributed by atoms with van der Waals surface area (Å²) >= 11 is 7.62. The molecule has 1 amide bonds. The van der Waals surface area contributed by atoms with Crippen molar-refractivity contribution in [2.24, 2.45) is 0 Å². The van der Waals surface area contributed by atoms with Gasteiger partial charge in [0.05, 0.1) is 21.2 Å². The maximum absolute atomic E-state index is 13.2. The Bertz CT molecular complexity index is 1760. The van der Waals surface area contributed by atoms with Crippen molar-refractivity contribution >= 4 is 66.4 Å². The molecular formula is C29H28ClN3O5S3. The van der Waals surface area contributed by atoms with Crippen LogP contribution in [0.3, 0.4) is 0 Å². The number of halogens is 1. The number of hydrogen-bond donors (Lipinski definition) is 2. The van der Waals surface area contributed by atoms with Crippen molar-refractivity contribution in [3.63, 3.8) is 0 Å². The van der Waals surface area contributed by atoms with E-state index in [0.717, 1.165) is 10.5 Å². The third-order valence-electron chi connectivity index (χ3n) is 6.20. The first-order valence-corrected chi connectivity index (χ1v) is 16.9. The smallest absolute Gasteiger partial charge is 0.264 e. The van der Waals surface area contributed by atoms with E-state index >= 15 is 0 Å². The maximum Gasteiger partial charge on any atom is 0.264 e. The molecule has 214 valence electrons. The van der Waals surface area contributed by atoms with Crippen molar-refractivity contribution in [3.8, 4) is 0 Å². The van der Waals surface area contributed by atoms with Gasteiger partial charge < -0.3 is 5.32 Å². The second kappa shape index (κ2) is 12.6. The van der Waals surface area contributed by atoms with Gasteiger partial charge in [0.2, 0.25) is 0 Å². The molecule has 0 saturated carbocycles. The molecule has 0 aliphatic rings. The van der Waals surface area contributed by atoms with Gasteiger partial charge in [-0.1, -0.05) is 17.7 Å². The maximum atomic E-state index is 13.2. The van der Waals surface area contributed by atoms with Gasteiger partial charge in [-0.3, -0.25) is 13.8 Å². The van der Waals surface area contributed by atoms with Gasteiger partial charge >= 0.3 is 0 Å². The predicted octanol–water partition coefficient (Wildman–Crippen LogP) is 6.64. The largest absolute Gasteiger partial charge is 0.322 e. The van der Waals surface area contributed by atoms with Crippen molar-refractivity contribution in [1.82, 2.24) is 0 Å². The normalized spacial score (nSPS) is 11.6. The van der Waals surface area contributed by atoms with Crippen LogP contribution in [0.25, 0.3) is 0 Å². The standard InChI is InChI=1S/C29H28ClN3O5S3/c1-4-33(41(37,38)27-17-13-25(39-3)14-18-27)24-11-6-21(7-12-24)29(34)31-22-9-15-26(16-10-22)40(35,36)32-23-8-5-20(2)28(30)19-23/h5-19,32H,4H2,1-3H3,(H,31,34). The summed E-state index contributed by atoms with van der Waals surface area (Å²) in [5.41, 5.74) is 2.29. The second-order valence-corrected chi connectivity index (χ2v) is 13.8. The van der Waals surface area contributed by atoms with E-state index in [2.05, 4.69) is 10.0 Å². The first kappa shape index (κ1) is 30.4. The molecule has 2 N–H and O–H groups in total. The van der Waals surface area contributed by atoms with Crippen LogP contribution < -0.4 is 14.3 Å². The lowest BCUT2D eigenvalue weighted by Gasteiger charge is -2.23. The molecule has 0 heterocycles. The molecule has 0 aromatic heterocycles. The van der Waals surface area contributed by atoms with E-state index in [9.17, 15) is 21.6 Å². The fraction of sp³-hybridized carbons (Fsp3) is 0.138. The van der Waals surface area contributed by atoms with E-state index in [4.69, 9.17) is 11.6 Å². The highest BCUT2D eigenvalue weighted by molar-refractivity contribution is 7.98. The van der Waals surface area contributed by atoms with Crippen molar-refractivity contribution in [3.05, 3.63) is 107 Å². The molecule has 0 aliphatic carbocycles. The highest BCUT2D eigenvalue weighted by Crippen LogP contribution is 2.27. The third-order valence-corrected chi connectivity index (χ3v) is 10.7. The fourth-order valence-corrected chi connectivity index (χ4v) is 7.05. The Morgan fingerprint density at radius 3 is 1.98 bits per heavy atom. The highest BCUT2D eigenvalue weighted by atomic mass is 35.5. The van der Waals surface area contributed by atoms with Crippen molar-refractivity contribution in [2.45, 2.75) is 28.5 Å². The molecule has 0 bridgehead atoms. The lowest BCUT2D eigenvalue weighted by molar-refractivity contribution is 0.102. The van der Waals surface area contributed by atoms with Crippen molar-refractivity contribution in [1.29, 1.82) is 0 Å². The number of rotatable bonds is 10. The van der Waals surface area contributed by atoms with Crippen molar-refractivity contribution < 1.29 is 21.6 Å². The summed E-state index contributed by atoms with van der Waals surface area (Å²) in [5.74, 6) is -0.432. The summed E-state index contributed by atoms with van der Waals surface area (Å²) in [4.78, 5) is 14.0. The van der Waals surface area contributed by atoms with Crippen LogP contribution in [0.1, 0.15) is 22.8 Å². The molecule has 8 nitrogen and oxygen atoms in total. The molecule has 4 rings (SSSR count). The van der Waals surface area contributed by atoms with Crippen LogP contribution in [0.15, 0.2) is 106 Å². The first-order valence-electron chi connectivity index (χ1n) is 12.4. The van der Waals surface area contributed by atoms with Gasteiger partial charge in [0.25, 0.3) is 26.0 Å². The molecule has 0 atom stereocenters. The summed E-state index contributed by atoms with van der Waals surface area (Å²) in [5, 5.41) is 3.17. The predicted molar refractivity (Wildman–Crippen MR) is 166 cm³/mol. The van der Waals surface area contributed by atoms with Crippen LogP contribution in [0, 0.1) is 6.92 Å². The zero-order valence-electron chi connectivity index (χ0n) is 22.5. The van der Waals surface area contributed by atoms with Crippen LogP contribution in [-0.4, -0.2) is 35.5 Å². The quantitative estimate of drug-likeness (QED) is 0.190. The Hall–Kier alpha value is -3.51. The van der Waals surface area contributed by atoms with E-state index in [1.165, 1.54) is 58.5 Å². The monoisotopic (exact) mass is 629 g/mol. The van der Waals surface area contributed by atoms with Crippen LogP contribution in [-0.2, 0) is 20.0 Å². The van der Waals surface area contributed by atoms with Gasteiger partial charge in [-0.25, -0.2) is 16.8 Å². The van der Waals surface area contributed by atoms with Gasteiger partial charge in [0, 0.05) is 27.7 Å². The lowest BCUT2D eigenvalue weighted by atomic mass is 10.2. The van der Waals surface area contributed by atoms with Gasteiger partial charge in [-0.2, -0.15) is 0 Å². The minimum Gasteiger partial charge on any atom is -0.322 e. The summed E-state index contributed by atoms with van der Waals surface area (Å²) in [6.45, 7) is 3.77. The van der Waals surface area contributed by atoms with Crippen LogP contribution in [0.4, 0.5) is 17.1 Å². The first-order chi connectivity index (χ1) is 19.4. The minimum atomic E-state index is -3.87. The molecule has 0 unspecified atom stereocenters. The number of anilines is 3. The topological polar surface area (TPSA) is 113 Å². The summed E-state index contributed by atoms with van der Waals surface area (Å²) in [7, 11) is -7.66. The molecule has 0 radical (unpaired) electrons. The Morgan fingerprint density at radius 2 is 1.41 bits per heavy atom. The summed E-state index contributed by atoms with van der Waals surface area (Å²) < 4.78 is 55.8. The molecule has 4 aromatic rings. The highest BCUT2D eigenvalue weighted by Gasteiger charge is 2.24. The van der Waals surface area contributed by atoms with Gasteiger partial charge in [0.15, 0.2) is 0 Å². The van der Waals surface area contributed by atoms with E-state index in [-0.39, 0.29) is 16.3 Å². The summed E-state index contributed by atoms with van der Waals surface area (Å²) in [6, 6.07) is 23.5. The Labute approximate surface area is 249 Å². The van der Waals surface area contributed by atoms with E-state index < -0.39 is 26.0 Å². The molecule has 4 aromatic carbocycles. The SMILES string of the molecule is CCN(c1ccc(C(=O)Nc2ccc(S(=O)(=O)Nc3ccc(C)c(Cl)c3)cc2)cc1)S(=O)(=O)c1ccc(SC)cc1. The van der Waals surface area contributed by atoms with Gasteiger partial charge in [-0.15, -0.1) is 11.8 Å². The molecule has 0 fully saturated rings. The lowest BCUT2D eigenvalue weighted by Crippen LogP contribution is -2.30. The average molecular weight is 630 g/mol. The Morgan fingerprint density at radius 1 is 0.829 bits per heavy atom. The van der Waals surface area contributed by atoms with Gasteiger partial charge in [-0.05, 0) is 111 Å². The minimum absolute atomic E-state index is 0.0144. The summed E-state index contributed by atoms with van der Waals surface area (Å²) in [6.07, 6.45) is 1.92. The zero-order chi connectivity index (χ0) is 29.8. The number of carbonyl (C=O) groups is 1. The molecule has 0 aliphatic heterocycles. The van der Waals surface area contributed by atoms with E-state index in [1.54, 1.807) is 55.5 Å². The van der Waals surface area contributed by atoms with Crippen LogP contribution >= 0.6 is 23.4 Å². The van der Waals surface area contributed by atoms with Gasteiger partial charge in [0.1, 0.15) is 0 Å². The van der Waals surface area contributed by atoms with Crippen molar-refractivity contribution in [2.75, 3.05) is 27.1 Å². The number of nitrogens with zero attached hydrogens (tertiary/aromatic N) is 1. The molecule has 0 saturated heterocycles.